The summed E-state index contributed by atoms with van der Waals surface area (Å²) < 4.78 is 5.08. The summed E-state index contributed by atoms with van der Waals surface area (Å²) in [4.78, 5) is 24.2. The lowest BCUT2D eigenvalue weighted by Gasteiger charge is -2.12. The van der Waals surface area contributed by atoms with Crippen LogP contribution in [0.15, 0.2) is 41.5 Å². The molecule has 0 aromatic heterocycles. The van der Waals surface area contributed by atoms with Gasteiger partial charge in [0.25, 0.3) is 5.91 Å². The number of amides is 2. The maximum atomic E-state index is 12.1. The Hall–Kier alpha value is -3.35. The molecule has 148 valence electrons. The third-order valence-corrected chi connectivity index (χ3v) is 4.20. The molecule has 7 nitrogen and oxygen atoms in total. The Kier molecular flexibility index (Phi) is 7.14. The van der Waals surface area contributed by atoms with Gasteiger partial charge in [-0.3, -0.25) is 9.59 Å². The Morgan fingerprint density at radius 1 is 1.18 bits per heavy atom. The number of phenolic OH excluding ortho intramolecular Hbond substituents is 1. The molecule has 1 unspecified atom stereocenters. The van der Waals surface area contributed by atoms with Crippen molar-refractivity contribution < 1.29 is 19.4 Å². The molecule has 0 aliphatic rings. The molecule has 0 bridgehead atoms. The van der Waals surface area contributed by atoms with Crippen molar-refractivity contribution in [1.82, 2.24) is 10.7 Å². The number of aryl methyl sites for hydroxylation is 2. The van der Waals surface area contributed by atoms with E-state index in [1.165, 1.54) is 6.21 Å². The number of nitrogens with one attached hydrogen (secondary N) is 2. The third kappa shape index (κ3) is 5.84. The maximum absolute atomic E-state index is 12.1. The molecular formula is C21H25N3O4. The number of carbonyl (C=O) groups is 2. The minimum Gasteiger partial charge on any atom is -0.507 e. The first-order valence-corrected chi connectivity index (χ1v) is 8.85. The second-order valence-corrected chi connectivity index (χ2v) is 6.55. The van der Waals surface area contributed by atoms with Crippen molar-refractivity contribution in [3.63, 3.8) is 0 Å². The van der Waals surface area contributed by atoms with Crippen molar-refractivity contribution in [3.05, 3.63) is 58.7 Å². The van der Waals surface area contributed by atoms with Crippen LogP contribution in [0.1, 0.15) is 29.2 Å². The molecule has 0 heterocycles. The summed E-state index contributed by atoms with van der Waals surface area (Å²) in [7, 11) is 1.58. The Morgan fingerprint density at radius 2 is 1.79 bits per heavy atom. The predicted octanol–water partition coefficient (Wildman–Crippen LogP) is 2.22. The monoisotopic (exact) mass is 383 g/mol. The average molecular weight is 383 g/mol. The van der Waals surface area contributed by atoms with Gasteiger partial charge in [0.15, 0.2) is 0 Å². The normalized spacial score (nSPS) is 11.9. The third-order valence-electron chi connectivity index (χ3n) is 4.20. The van der Waals surface area contributed by atoms with E-state index in [-0.39, 0.29) is 18.1 Å². The van der Waals surface area contributed by atoms with Gasteiger partial charge in [0.05, 0.1) is 19.7 Å². The Balaban J connectivity index is 1.85. The molecule has 0 spiro atoms. The number of methoxy groups -OCH3 is 1. The van der Waals surface area contributed by atoms with Crippen LogP contribution in [-0.4, -0.2) is 36.3 Å². The zero-order chi connectivity index (χ0) is 20.7. The van der Waals surface area contributed by atoms with Crippen molar-refractivity contribution in [3.8, 4) is 11.5 Å². The van der Waals surface area contributed by atoms with E-state index in [9.17, 15) is 14.7 Å². The Bertz CT molecular complexity index is 853. The predicted molar refractivity (Wildman–Crippen MR) is 108 cm³/mol. The highest BCUT2D eigenvalue weighted by molar-refractivity contribution is 5.89. The fourth-order valence-electron chi connectivity index (χ4n) is 2.62. The number of hydrazone groups is 1. The molecule has 0 saturated heterocycles. The molecule has 0 saturated carbocycles. The first-order valence-electron chi connectivity index (χ1n) is 8.85. The molecule has 2 aromatic carbocycles. The molecule has 0 aliphatic heterocycles. The van der Waals surface area contributed by atoms with Gasteiger partial charge in [0, 0.05) is 0 Å². The molecular weight excluding hydrogens is 358 g/mol. The lowest BCUT2D eigenvalue weighted by Crippen LogP contribution is -2.43. The summed E-state index contributed by atoms with van der Waals surface area (Å²) in [6.07, 6.45) is 1.65. The molecule has 0 radical (unpaired) electrons. The van der Waals surface area contributed by atoms with Crippen LogP contribution in [-0.2, 0) is 16.0 Å². The summed E-state index contributed by atoms with van der Waals surface area (Å²) >= 11 is 0. The van der Waals surface area contributed by atoms with E-state index in [4.69, 9.17) is 4.74 Å². The topological polar surface area (TPSA) is 100 Å². The zero-order valence-corrected chi connectivity index (χ0v) is 16.4. The number of ether oxygens (including phenoxy) is 1. The average Bonchev–Trinajstić information content (AvgIpc) is 2.66. The van der Waals surface area contributed by atoms with Gasteiger partial charge in [-0.25, -0.2) is 5.43 Å². The SMILES string of the molecule is COc1ccc(CC(=O)NC(C)C(=O)N/N=C/c2cc(C)c(O)c(C)c2)cc1. The fraction of sp³-hybridized carbons (Fsp3) is 0.286. The molecule has 0 aliphatic carbocycles. The number of rotatable bonds is 7. The number of nitrogens with zero attached hydrogens (tertiary/aromatic N) is 1. The van der Waals surface area contributed by atoms with Crippen LogP contribution in [0, 0.1) is 13.8 Å². The second-order valence-electron chi connectivity index (χ2n) is 6.55. The minimum absolute atomic E-state index is 0.164. The molecule has 28 heavy (non-hydrogen) atoms. The standard InChI is InChI=1S/C21H25N3O4/c1-13-9-17(10-14(2)20(13)26)12-22-24-21(27)15(3)23-19(25)11-16-5-7-18(28-4)8-6-16/h5-10,12,15,26H,11H2,1-4H3,(H,23,25)(H,24,27)/b22-12+. The van der Waals surface area contributed by atoms with Gasteiger partial charge in [0.2, 0.25) is 5.91 Å². The quantitative estimate of drug-likeness (QED) is 0.504. The highest BCUT2D eigenvalue weighted by Crippen LogP contribution is 2.21. The largest absolute Gasteiger partial charge is 0.507 e. The summed E-state index contributed by atoms with van der Waals surface area (Å²) in [5, 5.41) is 16.3. The Labute approximate surface area is 164 Å². The van der Waals surface area contributed by atoms with E-state index in [2.05, 4.69) is 15.8 Å². The number of carbonyl (C=O) groups excluding carboxylic acids is 2. The fourth-order valence-corrected chi connectivity index (χ4v) is 2.62. The van der Waals surface area contributed by atoms with Gasteiger partial charge >= 0.3 is 0 Å². The van der Waals surface area contributed by atoms with Crippen LogP contribution < -0.4 is 15.5 Å². The second kappa shape index (κ2) is 9.55. The highest BCUT2D eigenvalue weighted by Gasteiger charge is 2.15. The maximum Gasteiger partial charge on any atom is 0.262 e. The van der Waals surface area contributed by atoms with Crippen molar-refractivity contribution >= 4 is 18.0 Å². The summed E-state index contributed by atoms with van der Waals surface area (Å²) in [5.41, 5.74) is 5.44. The van der Waals surface area contributed by atoms with E-state index in [0.29, 0.717) is 5.75 Å². The lowest BCUT2D eigenvalue weighted by atomic mass is 10.1. The number of benzene rings is 2. The summed E-state index contributed by atoms with van der Waals surface area (Å²) in [5.74, 6) is 0.274. The van der Waals surface area contributed by atoms with Gasteiger partial charge in [-0.05, 0) is 67.3 Å². The van der Waals surface area contributed by atoms with Gasteiger partial charge in [0.1, 0.15) is 17.5 Å². The van der Waals surface area contributed by atoms with E-state index >= 15 is 0 Å². The van der Waals surface area contributed by atoms with Gasteiger partial charge < -0.3 is 15.2 Å². The minimum atomic E-state index is -0.730. The Morgan fingerprint density at radius 3 is 2.36 bits per heavy atom. The van der Waals surface area contributed by atoms with Crippen LogP contribution in [0.2, 0.25) is 0 Å². The summed E-state index contributed by atoms with van der Waals surface area (Å²) in [6.45, 7) is 5.17. The molecule has 2 rings (SSSR count). The zero-order valence-electron chi connectivity index (χ0n) is 16.4. The summed E-state index contributed by atoms with van der Waals surface area (Å²) in [6, 6.07) is 9.95. The van der Waals surface area contributed by atoms with E-state index < -0.39 is 11.9 Å². The van der Waals surface area contributed by atoms with E-state index in [0.717, 1.165) is 22.3 Å². The van der Waals surface area contributed by atoms with Gasteiger partial charge in [-0.1, -0.05) is 12.1 Å². The van der Waals surface area contributed by atoms with Crippen molar-refractivity contribution in [1.29, 1.82) is 0 Å². The number of aromatic hydroxyl groups is 1. The molecule has 2 aromatic rings. The van der Waals surface area contributed by atoms with E-state index in [1.54, 1.807) is 64.3 Å². The first kappa shape index (κ1) is 21.0. The highest BCUT2D eigenvalue weighted by atomic mass is 16.5. The van der Waals surface area contributed by atoms with Crippen molar-refractivity contribution in [2.24, 2.45) is 5.10 Å². The van der Waals surface area contributed by atoms with Crippen molar-refractivity contribution in [2.75, 3.05) is 7.11 Å². The van der Waals surface area contributed by atoms with Crippen molar-refractivity contribution in [2.45, 2.75) is 33.2 Å². The molecule has 2 amide bonds. The first-order chi connectivity index (χ1) is 13.3. The van der Waals surface area contributed by atoms with Crippen LogP contribution in [0.3, 0.4) is 0 Å². The smallest absolute Gasteiger partial charge is 0.262 e. The number of hydrogen-bond donors (Lipinski definition) is 3. The van der Waals surface area contributed by atoms with Crippen LogP contribution in [0.5, 0.6) is 11.5 Å². The van der Waals surface area contributed by atoms with Gasteiger partial charge in [-0.2, -0.15) is 5.10 Å². The molecule has 7 heteroatoms. The van der Waals surface area contributed by atoms with Crippen LogP contribution in [0.4, 0.5) is 0 Å². The molecule has 0 fully saturated rings. The van der Waals surface area contributed by atoms with E-state index in [1.807, 2.05) is 0 Å². The number of phenols is 1. The molecule has 3 N–H and O–H groups in total. The van der Waals surface area contributed by atoms with Gasteiger partial charge in [-0.15, -0.1) is 0 Å². The van der Waals surface area contributed by atoms with Crippen LogP contribution in [0.25, 0.3) is 0 Å². The number of hydrogen-bond acceptors (Lipinski definition) is 5. The molecule has 1 atom stereocenters. The lowest BCUT2D eigenvalue weighted by molar-refractivity contribution is -0.128. The van der Waals surface area contributed by atoms with Crippen LogP contribution >= 0.6 is 0 Å².